The van der Waals surface area contributed by atoms with E-state index in [1.807, 2.05) is 13.8 Å². The molecule has 96 valence electrons. The number of carbonyl (C=O) groups is 1. The van der Waals surface area contributed by atoms with Crippen LogP contribution in [0, 0.1) is 5.41 Å². The third kappa shape index (κ3) is 2.31. The van der Waals surface area contributed by atoms with Gasteiger partial charge >= 0.3 is 5.97 Å². The van der Waals surface area contributed by atoms with Gasteiger partial charge in [-0.15, -0.1) is 0 Å². The summed E-state index contributed by atoms with van der Waals surface area (Å²) in [6, 6.07) is 0. The Labute approximate surface area is 102 Å². The first-order chi connectivity index (χ1) is 7.89. The molecule has 0 aromatic carbocycles. The quantitative estimate of drug-likeness (QED) is 0.710. The number of aliphatic imine (C=N–C) groups is 1. The van der Waals surface area contributed by atoms with Gasteiger partial charge in [-0.3, -0.25) is 4.79 Å². The van der Waals surface area contributed by atoms with E-state index in [0.717, 1.165) is 19.3 Å². The predicted molar refractivity (Wildman–Crippen MR) is 65.0 cm³/mol. The zero-order valence-electron chi connectivity index (χ0n) is 11.1. The molecule has 0 amide bonds. The first-order valence-electron chi connectivity index (χ1n) is 6.34. The van der Waals surface area contributed by atoms with Gasteiger partial charge in [-0.2, -0.15) is 0 Å². The topological polar surface area (TPSA) is 47.9 Å². The molecule has 1 saturated carbocycles. The minimum absolute atomic E-state index is 0.115. The Balaban J connectivity index is 2.22. The van der Waals surface area contributed by atoms with Crippen LogP contribution >= 0.6 is 0 Å². The summed E-state index contributed by atoms with van der Waals surface area (Å²) < 4.78 is 10.9. The van der Waals surface area contributed by atoms with E-state index in [0.29, 0.717) is 12.5 Å². The van der Waals surface area contributed by atoms with Crippen LogP contribution in [0.3, 0.4) is 0 Å². The molecule has 1 atom stereocenters. The van der Waals surface area contributed by atoms with Crippen molar-refractivity contribution in [3.63, 3.8) is 0 Å². The molecule has 1 aliphatic carbocycles. The molecule has 0 saturated heterocycles. The average Bonchev–Trinajstić information content (AvgIpc) is 2.95. The molecule has 0 bridgehead atoms. The Kier molecular flexibility index (Phi) is 2.92. The Bertz CT molecular complexity index is 356. The summed E-state index contributed by atoms with van der Waals surface area (Å²) in [4.78, 5) is 16.6. The molecule has 1 fully saturated rings. The highest BCUT2D eigenvalue weighted by Gasteiger charge is 2.59. The Hall–Kier alpha value is -1.06. The fourth-order valence-corrected chi connectivity index (χ4v) is 2.40. The fraction of sp³-hybridized carbons (Fsp3) is 0.846. The summed E-state index contributed by atoms with van der Waals surface area (Å²) in [6.45, 7) is 8.41. The highest BCUT2D eigenvalue weighted by atomic mass is 16.5. The van der Waals surface area contributed by atoms with Crippen molar-refractivity contribution in [2.24, 2.45) is 10.4 Å². The fourth-order valence-electron chi connectivity index (χ4n) is 2.40. The third-order valence-electron chi connectivity index (χ3n) is 3.33. The Morgan fingerprint density at radius 2 is 2.18 bits per heavy atom. The van der Waals surface area contributed by atoms with Gasteiger partial charge in [0.2, 0.25) is 5.90 Å². The maximum Gasteiger partial charge on any atom is 0.321 e. The summed E-state index contributed by atoms with van der Waals surface area (Å²) >= 11 is 0. The molecular weight excluding hydrogens is 218 g/mol. The number of nitrogens with zero attached hydrogens (tertiary/aromatic N) is 1. The molecule has 1 heterocycles. The second kappa shape index (κ2) is 4.00. The van der Waals surface area contributed by atoms with Crippen molar-refractivity contribution in [3.05, 3.63) is 0 Å². The zero-order valence-corrected chi connectivity index (χ0v) is 11.1. The molecule has 4 nitrogen and oxygen atoms in total. The molecule has 2 rings (SSSR count). The Morgan fingerprint density at radius 1 is 1.53 bits per heavy atom. The lowest BCUT2D eigenvalue weighted by atomic mass is 9.95. The summed E-state index contributed by atoms with van der Waals surface area (Å²) in [5, 5.41) is 0. The van der Waals surface area contributed by atoms with Crippen LogP contribution in [0.5, 0.6) is 0 Å². The second-order valence-corrected chi connectivity index (χ2v) is 5.66. The largest absolute Gasteiger partial charge is 0.477 e. The van der Waals surface area contributed by atoms with Crippen molar-refractivity contribution in [3.8, 4) is 0 Å². The summed E-state index contributed by atoms with van der Waals surface area (Å²) in [5.41, 5.74) is -0.711. The van der Waals surface area contributed by atoms with E-state index in [-0.39, 0.29) is 17.6 Å². The molecule has 4 heteroatoms. The standard InChI is InChI=1S/C13H21NO3/c1-5-16-11(15)13(6-7-13)10-14-12(3,4)8-9(2)17-10/h9H,5-8H2,1-4H3/t9-/m0/s1. The van der Waals surface area contributed by atoms with Gasteiger partial charge in [0.15, 0.2) is 0 Å². The van der Waals surface area contributed by atoms with E-state index in [2.05, 4.69) is 18.8 Å². The van der Waals surface area contributed by atoms with E-state index >= 15 is 0 Å². The lowest BCUT2D eigenvalue weighted by molar-refractivity contribution is -0.147. The molecule has 17 heavy (non-hydrogen) atoms. The zero-order chi connectivity index (χ0) is 12.7. The summed E-state index contributed by atoms with van der Waals surface area (Å²) in [7, 11) is 0. The molecule has 2 aliphatic rings. The molecule has 0 N–H and O–H groups in total. The van der Waals surface area contributed by atoms with E-state index in [9.17, 15) is 4.79 Å². The maximum absolute atomic E-state index is 12.0. The molecule has 0 unspecified atom stereocenters. The van der Waals surface area contributed by atoms with E-state index < -0.39 is 5.41 Å². The number of ether oxygens (including phenoxy) is 2. The normalized spacial score (nSPS) is 28.9. The number of hydrogen-bond acceptors (Lipinski definition) is 4. The maximum atomic E-state index is 12.0. The van der Waals surface area contributed by atoms with Gasteiger partial charge in [-0.05, 0) is 40.5 Å². The summed E-state index contributed by atoms with van der Waals surface area (Å²) in [5.74, 6) is 0.420. The molecule has 0 radical (unpaired) electrons. The van der Waals surface area contributed by atoms with Crippen LogP contribution in [0.15, 0.2) is 4.99 Å². The van der Waals surface area contributed by atoms with Crippen LogP contribution in [0.1, 0.15) is 47.0 Å². The van der Waals surface area contributed by atoms with Gasteiger partial charge in [0.25, 0.3) is 0 Å². The molecular formula is C13H21NO3. The second-order valence-electron chi connectivity index (χ2n) is 5.66. The average molecular weight is 239 g/mol. The minimum Gasteiger partial charge on any atom is -0.477 e. The smallest absolute Gasteiger partial charge is 0.321 e. The van der Waals surface area contributed by atoms with Crippen molar-refractivity contribution >= 4 is 11.9 Å². The van der Waals surface area contributed by atoms with Crippen LogP contribution in [-0.2, 0) is 14.3 Å². The highest BCUT2D eigenvalue weighted by molar-refractivity contribution is 6.06. The van der Waals surface area contributed by atoms with Gasteiger partial charge in [0.05, 0.1) is 18.2 Å². The van der Waals surface area contributed by atoms with E-state index in [1.165, 1.54) is 0 Å². The van der Waals surface area contributed by atoms with Crippen LogP contribution in [-0.4, -0.2) is 30.1 Å². The number of carbonyl (C=O) groups excluding carboxylic acids is 1. The van der Waals surface area contributed by atoms with Crippen molar-refractivity contribution in [1.29, 1.82) is 0 Å². The van der Waals surface area contributed by atoms with Crippen molar-refractivity contribution in [2.45, 2.75) is 58.6 Å². The first kappa shape index (κ1) is 12.4. The SMILES string of the molecule is CCOC(=O)C1(C2=NC(C)(C)C[C@H](C)O2)CC1. The lowest BCUT2D eigenvalue weighted by Crippen LogP contribution is -2.40. The monoisotopic (exact) mass is 239 g/mol. The van der Waals surface area contributed by atoms with Gasteiger partial charge in [-0.1, -0.05) is 0 Å². The van der Waals surface area contributed by atoms with Crippen LogP contribution < -0.4 is 0 Å². The van der Waals surface area contributed by atoms with Crippen molar-refractivity contribution < 1.29 is 14.3 Å². The van der Waals surface area contributed by atoms with Gasteiger partial charge < -0.3 is 9.47 Å². The molecule has 1 aliphatic heterocycles. The highest BCUT2D eigenvalue weighted by Crippen LogP contribution is 2.50. The predicted octanol–water partition coefficient (Wildman–Crippen LogP) is 2.32. The summed E-state index contributed by atoms with van der Waals surface area (Å²) in [6.07, 6.45) is 2.60. The molecule has 0 aromatic rings. The van der Waals surface area contributed by atoms with Gasteiger partial charge in [-0.25, -0.2) is 4.99 Å². The van der Waals surface area contributed by atoms with Crippen LogP contribution in [0.2, 0.25) is 0 Å². The van der Waals surface area contributed by atoms with Crippen LogP contribution in [0.4, 0.5) is 0 Å². The van der Waals surface area contributed by atoms with Gasteiger partial charge in [0.1, 0.15) is 5.41 Å². The first-order valence-corrected chi connectivity index (χ1v) is 6.34. The van der Waals surface area contributed by atoms with E-state index in [4.69, 9.17) is 9.47 Å². The number of esters is 1. The Morgan fingerprint density at radius 3 is 2.65 bits per heavy atom. The number of rotatable bonds is 3. The molecule has 0 aromatic heterocycles. The van der Waals surface area contributed by atoms with Crippen LogP contribution in [0.25, 0.3) is 0 Å². The number of hydrogen-bond donors (Lipinski definition) is 0. The van der Waals surface area contributed by atoms with Crippen molar-refractivity contribution in [1.82, 2.24) is 0 Å². The van der Waals surface area contributed by atoms with Crippen molar-refractivity contribution in [2.75, 3.05) is 6.61 Å². The molecule has 0 spiro atoms. The third-order valence-corrected chi connectivity index (χ3v) is 3.33. The van der Waals surface area contributed by atoms with E-state index in [1.54, 1.807) is 0 Å². The lowest BCUT2D eigenvalue weighted by Gasteiger charge is -2.33. The van der Waals surface area contributed by atoms with Gasteiger partial charge in [0, 0.05) is 6.42 Å². The minimum atomic E-state index is -0.568.